The van der Waals surface area contributed by atoms with Crippen molar-refractivity contribution in [3.63, 3.8) is 0 Å². The Balaban J connectivity index is 2.02. The first-order valence-corrected chi connectivity index (χ1v) is 5.79. The molecule has 7 heteroatoms. The van der Waals surface area contributed by atoms with Crippen LogP contribution in [0.4, 0.5) is 0 Å². The fourth-order valence-corrected chi connectivity index (χ4v) is 2.34. The van der Waals surface area contributed by atoms with Gasteiger partial charge >= 0.3 is 0 Å². The molecule has 1 aliphatic rings. The Labute approximate surface area is 103 Å². The minimum atomic E-state index is -0.668. The SMILES string of the molecule is Cc1nc2cncnc2n1[C@H]1CC(O)[C@@H](CO)O1. The van der Waals surface area contributed by atoms with E-state index in [4.69, 9.17) is 9.84 Å². The molecule has 3 heterocycles. The Hall–Kier alpha value is -1.57. The lowest BCUT2D eigenvalue weighted by molar-refractivity contribution is -0.0438. The van der Waals surface area contributed by atoms with Gasteiger partial charge in [-0.2, -0.15) is 0 Å². The maximum Gasteiger partial charge on any atom is 0.165 e. The molecule has 1 aliphatic heterocycles. The molecule has 2 N–H and O–H groups in total. The van der Waals surface area contributed by atoms with E-state index in [9.17, 15) is 5.11 Å². The summed E-state index contributed by atoms with van der Waals surface area (Å²) in [6.45, 7) is 1.65. The fourth-order valence-electron chi connectivity index (χ4n) is 2.34. The molecule has 18 heavy (non-hydrogen) atoms. The van der Waals surface area contributed by atoms with Gasteiger partial charge in [0.05, 0.1) is 18.9 Å². The van der Waals surface area contributed by atoms with E-state index in [0.717, 1.165) is 5.82 Å². The molecule has 3 rings (SSSR count). The first kappa shape index (κ1) is 11.5. The lowest BCUT2D eigenvalue weighted by atomic mass is 10.2. The summed E-state index contributed by atoms with van der Waals surface area (Å²) in [6, 6.07) is 0. The molecule has 7 nitrogen and oxygen atoms in total. The van der Waals surface area contributed by atoms with Crippen molar-refractivity contribution in [1.29, 1.82) is 0 Å². The highest BCUT2D eigenvalue weighted by atomic mass is 16.5. The van der Waals surface area contributed by atoms with E-state index in [1.807, 2.05) is 11.5 Å². The van der Waals surface area contributed by atoms with Gasteiger partial charge in [0.2, 0.25) is 0 Å². The van der Waals surface area contributed by atoms with Gasteiger partial charge in [-0.3, -0.25) is 4.57 Å². The van der Waals surface area contributed by atoms with Crippen LogP contribution in [0, 0.1) is 6.92 Å². The van der Waals surface area contributed by atoms with Crippen molar-refractivity contribution in [2.45, 2.75) is 31.8 Å². The summed E-state index contributed by atoms with van der Waals surface area (Å²) in [5.41, 5.74) is 1.37. The van der Waals surface area contributed by atoms with Crippen molar-refractivity contribution in [1.82, 2.24) is 19.5 Å². The topological polar surface area (TPSA) is 93.3 Å². The number of imidazole rings is 1. The minimum absolute atomic E-state index is 0.196. The lowest BCUT2D eigenvalue weighted by Gasteiger charge is -2.15. The third-order valence-electron chi connectivity index (χ3n) is 3.20. The van der Waals surface area contributed by atoms with Crippen LogP contribution in [-0.2, 0) is 4.74 Å². The highest BCUT2D eigenvalue weighted by Crippen LogP contribution is 2.31. The second-order valence-corrected chi connectivity index (χ2v) is 4.38. The average Bonchev–Trinajstić information content (AvgIpc) is 2.88. The van der Waals surface area contributed by atoms with Gasteiger partial charge in [0.15, 0.2) is 5.65 Å². The average molecular weight is 250 g/mol. The van der Waals surface area contributed by atoms with Gasteiger partial charge < -0.3 is 14.9 Å². The Kier molecular flexibility index (Phi) is 2.73. The van der Waals surface area contributed by atoms with Crippen molar-refractivity contribution in [2.75, 3.05) is 6.61 Å². The zero-order valence-electron chi connectivity index (χ0n) is 9.89. The van der Waals surface area contributed by atoms with E-state index in [0.29, 0.717) is 17.6 Å². The molecule has 0 radical (unpaired) electrons. The quantitative estimate of drug-likeness (QED) is 0.765. The van der Waals surface area contributed by atoms with Crippen molar-refractivity contribution in [3.05, 3.63) is 18.3 Å². The van der Waals surface area contributed by atoms with Gasteiger partial charge in [-0.25, -0.2) is 15.0 Å². The molecular weight excluding hydrogens is 236 g/mol. The number of hydrogen-bond acceptors (Lipinski definition) is 6. The predicted molar refractivity (Wildman–Crippen MR) is 61.7 cm³/mol. The van der Waals surface area contributed by atoms with Crippen LogP contribution in [0.3, 0.4) is 0 Å². The molecule has 0 spiro atoms. The Bertz CT molecular complexity index is 570. The molecular formula is C11H14N4O3. The molecule has 0 bridgehead atoms. The van der Waals surface area contributed by atoms with Crippen LogP contribution in [0.2, 0.25) is 0 Å². The molecule has 2 aromatic rings. The standard InChI is InChI=1S/C11H14N4O3/c1-6-14-7-3-12-5-13-11(7)15(6)10-2-8(17)9(4-16)18-10/h3,5,8-10,16-17H,2,4H2,1H3/t8?,9-,10-/m1/s1. The van der Waals surface area contributed by atoms with Crippen molar-refractivity contribution >= 4 is 11.2 Å². The van der Waals surface area contributed by atoms with Crippen LogP contribution in [0.15, 0.2) is 12.5 Å². The molecule has 0 aliphatic carbocycles. The summed E-state index contributed by atoms with van der Waals surface area (Å²) in [6.07, 6.45) is 1.95. The Morgan fingerprint density at radius 2 is 2.39 bits per heavy atom. The van der Waals surface area contributed by atoms with Crippen LogP contribution in [0.5, 0.6) is 0 Å². The fraction of sp³-hybridized carbons (Fsp3) is 0.545. The molecule has 0 saturated carbocycles. The Morgan fingerprint density at radius 1 is 1.56 bits per heavy atom. The number of rotatable bonds is 2. The number of aryl methyl sites for hydroxylation is 1. The van der Waals surface area contributed by atoms with E-state index in [2.05, 4.69) is 15.0 Å². The van der Waals surface area contributed by atoms with Gasteiger partial charge in [0.25, 0.3) is 0 Å². The van der Waals surface area contributed by atoms with Crippen LogP contribution >= 0.6 is 0 Å². The normalized spacial score (nSPS) is 28.1. The summed E-state index contributed by atoms with van der Waals surface area (Å²) in [5, 5.41) is 18.9. The molecule has 3 atom stereocenters. The number of aliphatic hydroxyl groups excluding tert-OH is 2. The van der Waals surface area contributed by atoms with E-state index < -0.39 is 12.2 Å². The molecule has 1 saturated heterocycles. The summed E-state index contributed by atoms with van der Waals surface area (Å²) in [5.74, 6) is 0.751. The maximum absolute atomic E-state index is 9.77. The lowest BCUT2D eigenvalue weighted by Crippen LogP contribution is -2.24. The van der Waals surface area contributed by atoms with Gasteiger partial charge in [0, 0.05) is 6.42 Å². The van der Waals surface area contributed by atoms with E-state index >= 15 is 0 Å². The molecule has 0 amide bonds. The molecule has 96 valence electrons. The third kappa shape index (κ3) is 1.67. The predicted octanol–water partition coefficient (Wildman–Crippen LogP) is -0.225. The highest BCUT2D eigenvalue weighted by molar-refractivity contribution is 5.70. The second kappa shape index (κ2) is 4.27. The number of aromatic nitrogens is 4. The zero-order valence-corrected chi connectivity index (χ0v) is 9.89. The smallest absolute Gasteiger partial charge is 0.165 e. The zero-order chi connectivity index (χ0) is 12.7. The first-order valence-electron chi connectivity index (χ1n) is 5.79. The molecule has 1 unspecified atom stereocenters. The van der Waals surface area contributed by atoms with E-state index in [-0.39, 0.29) is 12.8 Å². The van der Waals surface area contributed by atoms with Crippen molar-refractivity contribution in [3.8, 4) is 0 Å². The van der Waals surface area contributed by atoms with Gasteiger partial charge in [-0.05, 0) is 6.92 Å². The number of hydrogen-bond donors (Lipinski definition) is 2. The third-order valence-corrected chi connectivity index (χ3v) is 3.20. The number of aliphatic hydroxyl groups is 2. The summed E-state index contributed by atoms with van der Waals surface area (Å²) in [7, 11) is 0. The monoisotopic (exact) mass is 250 g/mol. The maximum atomic E-state index is 9.77. The summed E-state index contributed by atoms with van der Waals surface area (Å²) < 4.78 is 7.45. The molecule has 2 aromatic heterocycles. The largest absolute Gasteiger partial charge is 0.394 e. The summed E-state index contributed by atoms with van der Waals surface area (Å²) in [4.78, 5) is 12.5. The Morgan fingerprint density at radius 3 is 3.11 bits per heavy atom. The van der Waals surface area contributed by atoms with E-state index in [1.54, 1.807) is 6.20 Å². The highest BCUT2D eigenvalue weighted by Gasteiger charge is 2.35. The van der Waals surface area contributed by atoms with Crippen LogP contribution in [0.25, 0.3) is 11.2 Å². The van der Waals surface area contributed by atoms with Crippen LogP contribution < -0.4 is 0 Å². The van der Waals surface area contributed by atoms with Gasteiger partial charge in [-0.1, -0.05) is 0 Å². The first-order chi connectivity index (χ1) is 8.70. The van der Waals surface area contributed by atoms with Gasteiger partial charge in [-0.15, -0.1) is 0 Å². The van der Waals surface area contributed by atoms with Crippen molar-refractivity contribution in [2.24, 2.45) is 0 Å². The number of nitrogens with zero attached hydrogens (tertiary/aromatic N) is 4. The molecule has 1 fully saturated rings. The van der Waals surface area contributed by atoms with E-state index in [1.165, 1.54) is 6.33 Å². The minimum Gasteiger partial charge on any atom is -0.394 e. The van der Waals surface area contributed by atoms with Crippen molar-refractivity contribution < 1.29 is 14.9 Å². The second-order valence-electron chi connectivity index (χ2n) is 4.38. The number of fused-ring (bicyclic) bond motifs is 1. The number of ether oxygens (including phenoxy) is 1. The summed E-state index contributed by atoms with van der Waals surface area (Å²) >= 11 is 0. The van der Waals surface area contributed by atoms with Crippen LogP contribution in [-0.4, -0.2) is 48.5 Å². The molecule has 0 aromatic carbocycles. The van der Waals surface area contributed by atoms with Gasteiger partial charge in [0.1, 0.15) is 30.0 Å². The van der Waals surface area contributed by atoms with Crippen LogP contribution in [0.1, 0.15) is 18.5 Å².